The number of phenols is 1. The van der Waals surface area contributed by atoms with Crippen LogP contribution < -0.4 is 10.1 Å². The van der Waals surface area contributed by atoms with E-state index in [-0.39, 0.29) is 18.8 Å². The number of fused-ring (bicyclic) bond motifs is 1. The van der Waals surface area contributed by atoms with E-state index in [0.717, 1.165) is 22.4 Å². The van der Waals surface area contributed by atoms with E-state index < -0.39 is 5.97 Å². The lowest BCUT2D eigenvalue weighted by atomic mass is 9.93. The Morgan fingerprint density at radius 3 is 2.75 bits per heavy atom. The van der Waals surface area contributed by atoms with E-state index in [4.69, 9.17) is 14.7 Å². The fourth-order valence-corrected chi connectivity index (χ4v) is 3.77. The van der Waals surface area contributed by atoms with E-state index in [2.05, 4.69) is 11.4 Å². The number of para-hydroxylation sites is 1. The van der Waals surface area contributed by atoms with Crippen molar-refractivity contribution in [1.29, 1.82) is 5.26 Å². The Labute approximate surface area is 186 Å². The first-order valence-electron chi connectivity index (χ1n) is 10.1. The summed E-state index contributed by atoms with van der Waals surface area (Å²) in [4.78, 5) is 12.7. The zero-order valence-electron chi connectivity index (χ0n) is 17.8. The second-order valence-corrected chi connectivity index (χ2v) is 7.52. The summed E-state index contributed by atoms with van der Waals surface area (Å²) in [7, 11) is 1.61. The van der Waals surface area contributed by atoms with E-state index in [1.54, 1.807) is 37.4 Å². The molecule has 1 aliphatic heterocycles. The van der Waals surface area contributed by atoms with Crippen molar-refractivity contribution in [3.63, 3.8) is 0 Å². The van der Waals surface area contributed by atoms with Gasteiger partial charge in [-0.3, -0.25) is 0 Å². The number of ether oxygens (including phenoxy) is 2. The second-order valence-electron chi connectivity index (χ2n) is 7.52. The maximum absolute atomic E-state index is 12.7. The number of hydrogen-bond donors (Lipinski definition) is 2. The summed E-state index contributed by atoms with van der Waals surface area (Å²) in [5, 5.41) is 23.0. The van der Waals surface area contributed by atoms with Gasteiger partial charge in [-0.15, -0.1) is 0 Å². The molecule has 3 aromatic rings. The minimum atomic E-state index is -0.462. The van der Waals surface area contributed by atoms with E-state index in [1.165, 1.54) is 0 Å². The number of anilines is 1. The van der Waals surface area contributed by atoms with Crippen molar-refractivity contribution in [1.82, 2.24) is 0 Å². The molecular formula is C26H22N2O4. The van der Waals surface area contributed by atoms with Crippen molar-refractivity contribution in [3.05, 3.63) is 88.6 Å². The Morgan fingerprint density at radius 1 is 1.16 bits per heavy atom. The lowest BCUT2D eigenvalue weighted by Crippen LogP contribution is -2.19. The number of esters is 1. The molecular weight excluding hydrogens is 404 g/mol. The van der Waals surface area contributed by atoms with Crippen molar-refractivity contribution in [3.8, 4) is 28.7 Å². The second kappa shape index (κ2) is 8.86. The monoisotopic (exact) mass is 426 g/mol. The summed E-state index contributed by atoms with van der Waals surface area (Å²) in [5.41, 5.74) is 5.42. The first-order chi connectivity index (χ1) is 15.5. The van der Waals surface area contributed by atoms with E-state index in [1.807, 2.05) is 37.3 Å². The Kier molecular flexibility index (Phi) is 5.82. The molecule has 0 saturated carbocycles. The van der Waals surface area contributed by atoms with Gasteiger partial charge in [-0.05, 0) is 48.4 Å². The normalized spacial score (nSPS) is 12.4. The molecule has 1 heterocycles. The Morgan fingerprint density at radius 2 is 1.97 bits per heavy atom. The summed E-state index contributed by atoms with van der Waals surface area (Å²) in [6.07, 6.45) is 0.253. The molecule has 4 rings (SSSR count). The van der Waals surface area contributed by atoms with Crippen LogP contribution in [0.3, 0.4) is 0 Å². The smallest absolute Gasteiger partial charge is 0.336 e. The number of methoxy groups -OCH3 is 1. The first-order valence-corrected chi connectivity index (χ1v) is 10.1. The minimum Gasteiger partial charge on any atom is -0.508 e. The number of aromatic hydroxyl groups is 1. The van der Waals surface area contributed by atoms with Gasteiger partial charge >= 0.3 is 5.97 Å². The number of phenolic OH excluding ortho intramolecular Hbond substituents is 1. The number of rotatable bonds is 5. The molecule has 0 saturated heterocycles. The standard InChI is InChI=1S/C26H22N2O4/c1-16-21(26(30)32-15-18-7-5-6-17(10-18)14-27)13-22-23(28-16)11-19(12-24(22)29)20-8-3-4-9-25(20)31-2/h3-12,28-29H,13,15H2,1-2H3. The molecule has 0 unspecified atom stereocenters. The lowest BCUT2D eigenvalue weighted by molar-refractivity contribution is -0.140. The third-order valence-electron chi connectivity index (χ3n) is 5.45. The number of nitrogens with zero attached hydrogens (tertiary/aromatic N) is 1. The van der Waals surface area contributed by atoms with Gasteiger partial charge < -0.3 is 19.9 Å². The predicted molar refractivity (Wildman–Crippen MR) is 121 cm³/mol. The fraction of sp³-hybridized carbons (Fsp3) is 0.154. The molecule has 0 bridgehead atoms. The van der Waals surface area contributed by atoms with Gasteiger partial charge in [0, 0.05) is 28.9 Å². The molecule has 0 atom stereocenters. The number of allylic oxidation sites excluding steroid dienone is 1. The van der Waals surface area contributed by atoms with Gasteiger partial charge in [0.1, 0.15) is 18.1 Å². The quantitative estimate of drug-likeness (QED) is 0.563. The van der Waals surface area contributed by atoms with Crippen LogP contribution >= 0.6 is 0 Å². The minimum absolute atomic E-state index is 0.0662. The molecule has 2 N–H and O–H groups in total. The third kappa shape index (κ3) is 4.14. The number of benzene rings is 3. The van der Waals surface area contributed by atoms with Crippen LogP contribution in [0.4, 0.5) is 5.69 Å². The van der Waals surface area contributed by atoms with E-state index >= 15 is 0 Å². The maximum atomic E-state index is 12.7. The van der Waals surface area contributed by atoms with Gasteiger partial charge in [0.25, 0.3) is 0 Å². The molecule has 160 valence electrons. The van der Waals surface area contributed by atoms with Crippen molar-refractivity contribution in [2.75, 3.05) is 12.4 Å². The predicted octanol–water partition coefficient (Wildman–Crippen LogP) is 4.92. The number of carbonyl (C=O) groups excluding carboxylic acids is 1. The molecule has 0 fully saturated rings. The summed E-state index contributed by atoms with van der Waals surface area (Å²) in [6, 6.07) is 20.2. The van der Waals surface area contributed by atoms with Crippen LogP contribution in [-0.4, -0.2) is 18.2 Å². The van der Waals surface area contributed by atoms with E-state index in [0.29, 0.717) is 28.1 Å². The Balaban J connectivity index is 1.56. The third-order valence-corrected chi connectivity index (χ3v) is 5.45. The molecule has 0 amide bonds. The van der Waals surface area contributed by atoms with Gasteiger partial charge in [-0.2, -0.15) is 5.26 Å². The van der Waals surface area contributed by atoms with Gasteiger partial charge in [0.15, 0.2) is 0 Å². The number of carbonyl (C=O) groups is 1. The lowest BCUT2D eigenvalue weighted by Gasteiger charge is -2.24. The van der Waals surface area contributed by atoms with E-state index in [9.17, 15) is 9.90 Å². The zero-order valence-corrected chi connectivity index (χ0v) is 17.8. The van der Waals surface area contributed by atoms with Crippen LogP contribution in [-0.2, 0) is 22.6 Å². The summed E-state index contributed by atoms with van der Waals surface area (Å²) < 4.78 is 10.9. The van der Waals surface area contributed by atoms with Crippen LogP contribution in [0, 0.1) is 11.3 Å². The molecule has 0 aromatic heterocycles. The highest BCUT2D eigenvalue weighted by Crippen LogP contribution is 2.40. The average molecular weight is 426 g/mol. The summed E-state index contributed by atoms with van der Waals surface area (Å²) in [6.45, 7) is 1.87. The van der Waals surface area contributed by atoms with Crippen molar-refractivity contribution < 1.29 is 19.4 Å². The SMILES string of the molecule is COc1ccccc1-c1cc(O)c2c(c1)NC(C)=C(C(=O)OCc1cccc(C#N)c1)C2. The van der Waals surface area contributed by atoms with Crippen molar-refractivity contribution in [2.45, 2.75) is 20.0 Å². The molecule has 0 spiro atoms. The van der Waals surface area contributed by atoms with Crippen LogP contribution in [0.25, 0.3) is 11.1 Å². The van der Waals surface area contributed by atoms with Crippen molar-refractivity contribution in [2.24, 2.45) is 0 Å². The Hall–Kier alpha value is -4.24. The van der Waals surface area contributed by atoms with Gasteiger partial charge in [-0.1, -0.05) is 30.3 Å². The summed E-state index contributed by atoms with van der Waals surface area (Å²) in [5.74, 6) is 0.339. The highest BCUT2D eigenvalue weighted by Gasteiger charge is 2.25. The number of nitriles is 1. The highest BCUT2D eigenvalue weighted by atomic mass is 16.5. The molecule has 0 radical (unpaired) electrons. The molecule has 6 heteroatoms. The largest absolute Gasteiger partial charge is 0.508 e. The highest BCUT2D eigenvalue weighted by molar-refractivity contribution is 5.93. The average Bonchev–Trinajstić information content (AvgIpc) is 2.82. The topological polar surface area (TPSA) is 91.6 Å². The number of hydrogen-bond acceptors (Lipinski definition) is 6. The Bertz CT molecular complexity index is 1270. The maximum Gasteiger partial charge on any atom is 0.336 e. The van der Waals surface area contributed by atoms with Gasteiger partial charge in [-0.25, -0.2) is 4.79 Å². The van der Waals surface area contributed by atoms with Crippen LogP contribution in [0.15, 0.2) is 71.9 Å². The first kappa shape index (κ1) is 21.0. The van der Waals surface area contributed by atoms with Crippen molar-refractivity contribution >= 4 is 11.7 Å². The molecule has 3 aromatic carbocycles. The van der Waals surface area contributed by atoms with Crippen LogP contribution in [0.1, 0.15) is 23.6 Å². The molecule has 0 aliphatic carbocycles. The molecule has 1 aliphatic rings. The molecule has 6 nitrogen and oxygen atoms in total. The van der Waals surface area contributed by atoms with Gasteiger partial charge in [0.05, 0.1) is 24.3 Å². The fourth-order valence-electron chi connectivity index (χ4n) is 3.77. The van der Waals surface area contributed by atoms with Crippen LogP contribution in [0.5, 0.6) is 11.5 Å². The molecule has 32 heavy (non-hydrogen) atoms. The van der Waals surface area contributed by atoms with Crippen LogP contribution in [0.2, 0.25) is 0 Å². The number of nitrogens with one attached hydrogen (secondary N) is 1. The summed E-state index contributed by atoms with van der Waals surface area (Å²) >= 11 is 0. The van der Waals surface area contributed by atoms with Gasteiger partial charge in [0.2, 0.25) is 0 Å². The zero-order chi connectivity index (χ0) is 22.7.